The van der Waals surface area contributed by atoms with Gasteiger partial charge in [-0.1, -0.05) is 6.92 Å². The van der Waals surface area contributed by atoms with Gasteiger partial charge >= 0.3 is 5.69 Å². The molecular weight excluding hydrogens is 236 g/mol. The quantitative estimate of drug-likeness (QED) is 0.583. The number of aliphatic hydroxyl groups is 1. The minimum atomic E-state index is -0.643. The van der Waals surface area contributed by atoms with Gasteiger partial charge in [0.05, 0.1) is 11.0 Å². The molecule has 1 rings (SSSR count). The lowest BCUT2D eigenvalue weighted by atomic mass is 10.2. The zero-order chi connectivity index (χ0) is 13.5. The van der Waals surface area contributed by atoms with Crippen LogP contribution in [0.2, 0.25) is 0 Å². The van der Waals surface area contributed by atoms with Crippen LogP contribution in [0.5, 0.6) is 0 Å². The Morgan fingerprint density at radius 2 is 2.39 bits per heavy atom. The highest BCUT2D eigenvalue weighted by atomic mass is 16.6. The van der Waals surface area contributed by atoms with Gasteiger partial charge in [-0.05, 0) is 18.9 Å². The first-order chi connectivity index (χ1) is 8.58. The zero-order valence-electron chi connectivity index (χ0n) is 9.96. The number of hydrogen-bond acceptors (Lipinski definition) is 6. The van der Waals surface area contributed by atoms with Crippen LogP contribution in [-0.4, -0.2) is 27.7 Å². The molecule has 18 heavy (non-hydrogen) atoms. The average Bonchev–Trinajstić information content (AvgIpc) is 2.37. The van der Waals surface area contributed by atoms with E-state index in [-0.39, 0.29) is 17.5 Å². The number of pyridine rings is 1. The highest BCUT2D eigenvalue weighted by Gasteiger charge is 2.15. The second-order valence-electron chi connectivity index (χ2n) is 3.71. The monoisotopic (exact) mass is 250 g/mol. The van der Waals surface area contributed by atoms with E-state index in [9.17, 15) is 15.2 Å². The summed E-state index contributed by atoms with van der Waals surface area (Å²) in [5, 5.41) is 31.6. The van der Waals surface area contributed by atoms with Gasteiger partial charge < -0.3 is 10.4 Å². The predicted molar refractivity (Wildman–Crippen MR) is 65.0 cm³/mol. The maximum atomic E-state index is 10.6. The summed E-state index contributed by atoms with van der Waals surface area (Å²) in [6, 6.07) is 4.37. The van der Waals surface area contributed by atoms with E-state index in [4.69, 9.17) is 5.26 Å². The largest absolute Gasteiger partial charge is 0.393 e. The van der Waals surface area contributed by atoms with E-state index in [1.807, 2.05) is 6.92 Å². The van der Waals surface area contributed by atoms with Crippen LogP contribution in [0.4, 0.5) is 11.5 Å². The normalized spacial score (nSPS) is 11.6. The van der Waals surface area contributed by atoms with Crippen molar-refractivity contribution in [1.82, 2.24) is 4.98 Å². The summed E-state index contributed by atoms with van der Waals surface area (Å²) in [5.41, 5.74) is -0.530. The Morgan fingerprint density at radius 1 is 1.67 bits per heavy atom. The second kappa shape index (κ2) is 6.51. The highest BCUT2D eigenvalue weighted by molar-refractivity contribution is 5.50. The Balaban J connectivity index is 2.69. The molecule has 0 aliphatic rings. The molecule has 0 amide bonds. The standard InChI is InChI=1S/C11H14N4O3/c1-2-8(16)5-6-13-11-4-3-10(15(17)18)9(7-12)14-11/h3-4,8,16H,2,5-6H2,1H3,(H,13,14). The molecule has 1 unspecified atom stereocenters. The molecule has 0 radical (unpaired) electrons. The maximum Gasteiger partial charge on any atom is 0.305 e. The van der Waals surface area contributed by atoms with Crippen molar-refractivity contribution >= 4 is 11.5 Å². The van der Waals surface area contributed by atoms with E-state index in [1.165, 1.54) is 12.1 Å². The van der Waals surface area contributed by atoms with Crippen LogP contribution in [0.15, 0.2) is 12.1 Å². The maximum absolute atomic E-state index is 10.6. The van der Waals surface area contributed by atoms with Crippen LogP contribution in [0.1, 0.15) is 25.5 Å². The van der Waals surface area contributed by atoms with Crippen molar-refractivity contribution < 1.29 is 10.0 Å². The molecule has 7 nitrogen and oxygen atoms in total. The number of anilines is 1. The fourth-order valence-electron chi connectivity index (χ4n) is 1.35. The van der Waals surface area contributed by atoms with Crippen molar-refractivity contribution in [3.63, 3.8) is 0 Å². The van der Waals surface area contributed by atoms with E-state index < -0.39 is 4.92 Å². The van der Waals surface area contributed by atoms with Crippen LogP contribution in [0.25, 0.3) is 0 Å². The van der Waals surface area contributed by atoms with Crippen LogP contribution in [0.3, 0.4) is 0 Å². The zero-order valence-corrected chi connectivity index (χ0v) is 9.96. The summed E-state index contributed by atoms with van der Waals surface area (Å²) in [6.07, 6.45) is 0.835. The van der Waals surface area contributed by atoms with Gasteiger partial charge in [0.15, 0.2) is 0 Å². The molecule has 0 aliphatic carbocycles. The number of nitro groups is 1. The molecule has 1 aromatic rings. The van der Waals surface area contributed by atoms with Gasteiger partial charge in [0.2, 0.25) is 5.69 Å². The Kier molecular flexibility index (Phi) is 5.02. The molecule has 0 fully saturated rings. The first kappa shape index (κ1) is 13.9. The molecule has 0 aromatic carbocycles. The van der Waals surface area contributed by atoms with Gasteiger partial charge in [0.25, 0.3) is 0 Å². The molecule has 0 saturated heterocycles. The van der Waals surface area contributed by atoms with Gasteiger partial charge in [-0.3, -0.25) is 10.1 Å². The van der Waals surface area contributed by atoms with Gasteiger partial charge in [-0.2, -0.15) is 5.26 Å². The number of nitrogens with zero attached hydrogens (tertiary/aromatic N) is 3. The third kappa shape index (κ3) is 3.68. The predicted octanol–water partition coefficient (Wildman–Crippen LogP) is 1.43. The molecule has 1 aromatic heterocycles. The van der Waals surface area contributed by atoms with E-state index in [0.717, 1.165) is 0 Å². The molecule has 0 bridgehead atoms. The molecule has 0 spiro atoms. The van der Waals surface area contributed by atoms with Crippen molar-refractivity contribution in [3.8, 4) is 6.07 Å². The molecule has 96 valence electrons. The van der Waals surface area contributed by atoms with Crippen LogP contribution < -0.4 is 5.32 Å². The Labute approximate surface area is 104 Å². The molecule has 0 aliphatic heterocycles. The van der Waals surface area contributed by atoms with E-state index in [0.29, 0.717) is 25.2 Å². The Hall–Kier alpha value is -2.20. The average molecular weight is 250 g/mol. The lowest BCUT2D eigenvalue weighted by molar-refractivity contribution is -0.385. The number of rotatable bonds is 6. The number of aliphatic hydroxyl groups excluding tert-OH is 1. The first-order valence-corrected chi connectivity index (χ1v) is 5.56. The smallest absolute Gasteiger partial charge is 0.305 e. The van der Waals surface area contributed by atoms with E-state index >= 15 is 0 Å². The van der Waals surface area contributed by atoms with Crippen LogP contribution >= 0.6 is 0 Å². The van der Waals surface area contributed by atoms with Gasteiger partial charge in [-0.15, -0.1) is 0 Å². The third-order valence-corrected chi connectivity index (χ3v) is 2.43. The van der Waals surface area contributed by atoms with Gasteiger partial charge in [0.1, 0.15) is 11.9 Å². The van der Waals surface area contributed by atoms with Crippen molar-refractivity contribution in [2.45, 2.75) is 25.9 Å². The highest BCUT2D eigenvalue weighted by Crippen LogP contribution is 2.18. The van der Waals surface area contributed by atoms with Crippen LogP contribution in [0, 0.1) is 21.4 Å². The number of aromatic nitrogens is 1. The molecule has 1 heterocycles. The third-order valence-electron chi connectivity index (χ3n) is 2.43. The number of hydrogen-bond donors (Lipinski definition) is 2. The SMILES string of the molecule is CCC(O)CCNc1ccc([N+](=O)[O-])c(C#N)n1. The molecule has 2 N–H and O–H groups in total. The summed E-state index contributed by atoms with van der Waals surface area (Å²) < 4.78 is 0. The minimum Gasteiger partial charge on any atom is -0.393 e. The first-order valence-electron chi connectivity index (χ1n) is 5.56. The topological polar surface area (TPSA) is 112 Å². The summed E-state index contributed by atoms with van der Waals surface area (Å²) in [6.45, 7) is 2.37. The van der Waals surface area contributed by atoms with Crippen molar-refractivity contribution in [1.29, 1.82) is 5.26 Å². The Morgan fingerprint density at radius 3 is 2.94 bits per heavy atom. The lowest BCUT2D eigenvalue weighted by Crippen LogP contribution is -2.13. The van der Waals surface area contributed by atoms with E-state index in [2.05, 4.69) is 10.3 Å². The van der Waals surface area contributed by atoms with Gasteiger partial charge in [0, 0.05) is 12.6 Å². The summed E-state index contributed by atoms with van der Waals surface area (Å²) in [4.78, 5) is 13.8. The summed E-state index contributed by atoms with van der Waals surface area (Å²) in [7, 11) is 0. The summed E-state index contributed by atoms with van der Waals surface area (Å²) in [5.74, 6) is 0.389. The number of nitriles is 1. The summed E-state index contributed by atoms with van der Waals surface area (Å²) >= 11 is 0. The molecular formula is C11H14N4O3. The minimum absolute atomic E-state index is 0.221. The molecule has 0 saturated carbocycles. The second-order valence-corrected chi connectivity index (χ2v) is 3.71. The van der Waals surface area contributed by atoms with Gasteiger partial charge in [-0.25, -0.2) is 4.98 Å². The lowest BCUT2D eigenvalue weighted by Gasteiger charge is -2.09. The number of nitrogens with one attached hydrogen (secondary N) is 1. The van der Waals surface area contributed by atoms with Crippen molar-refractivity contribution in [2.75, 3.05) is 11.9 Å². The molecule has 7 heteroatoms. The van der Waals surface area contributed by atoms with Crippen molar-refractivity contribution in [3.05, 3.63) is 27.9 Å². The Bertz CT molecular complexity index is 470. The molecule has 1 atom stereocenters. The van der Waals surface area contributed by atoms with Crippen LogP contribution in [-0.2, 0) is 0 Å². The van der Waals surface area contributed by atoms with E-state index in [1.54, 1.807) is 6.07 Å². The van der Waals surface area contributed by atoms with Crippen molar-refractivity contribution in [2.24, 2.45) is 0 Å². The fraction of sp³-hybridized carbons (Fsp3) is 0.455. The fourth-order valence-corrected chi connectivity index (χ4v) is 1.35.